The van der Waals surface area contributed by atoms with Gasteiger partial charge in [-0.05, 0) is 58.4 Å². The van der Waals surface area contributed by atoms with E-state index in [1.165, 1.54) is 0 Å². The Balaban J connectivity index is 2.26. The average molecular weight is 409 g/mol. The van der Waals surface area contributed by atoms with Gasteiger partial charge in [0.2, 0.25) is 0 Å². The molecule has 1 aromatic rings. The van der Waals surface area contributed by atoms with Crippen molar-refractivity contribution in [2.45, 2.75) is 84.1 Å². The smallest absolute Gasteiger partial charge is 0.410 e. The van der Waals surface area contributed by atoms with Crippen molar-refractivity contribution in [2.24, 2.45) is 5.92 Å². The van der Waals surface area contributed by atoms with E-state index in [1.807, 2.05) is 20.8 Å². The molecule has 1 fully saturated rings. The van der Waals surface area contributed by atoms with Gasteiger partial charge in [0.25, 0.3) is 0 Å². The molecule has 0 radical (unpaired) electrons. The number of hydrogen-bond acceptors (Lipinski definition) is 4. The molecule has 1 saturated heterocycles. The normalized spacial score (nSPS) is 22.5. The fraction of sp³-hybridized carbons (Fsp3) is 0.636. The lowest BCUT2D eigenvalue weighted by atomic mass is 9.96. The largest absolute Gasteiger partial charge is 0.444 e. The number of nitrogens with zero attached hydrogens (tertiary/aromatic N) is 2. The minimum absolute atomic E-state index is 0.0243. The van der Waals surface area contributed by atoms with Crippen LogP contribution in [-0.4, -0.2) is 38.8 Å². The first-order chi connectivity index (χ1) is 13.1. The minimum Gasteiger partial charge on any atom is -0.444 e. The fourth-order valence-electron chi connectivity index (χ4n) is 3.74. The highest BCUT2D eigenvalue weighted by Gasteiger charge is 2.44. The molecule has 0 bridgehead atoms. The molecule has 2 heterocycles. The number of ether oxygens (including phenoxy) is 1. The summed E-state index contributed by atoms with van der Waals surface area (Å²) in [6.45, 7) is 9.84. The molecule has 5 nitrogen and oxygen atoms in total. The molecule has 1 amide bonds. The van der Waals surface area contributed by atoms with Crippen LogP contribution in [0.25, 0.3) is 0 Å². The third-order valence-electron chi connectivity index (χ3n) is 5.10. The van der Waals surface area contributed by atoms with E-state index in [0.29, 0.717) is 10.7 Å². The summed E-state index contributed by atoms with van der Waals surface area (Å²) in [6, 6.07) is 3.09. The zero-order valence-corrected chi connectivity index (χ0v) is 18.3. The second kappa shape index (κ2) is 9.75. The second-order valence-electron chi connectivity index (χ2n) is 8.55. The summed E-state index contributed by atoms with van der Waals surface area (Å²) in [7, 11) is 0. The first-order valence-corrected chi connectivity index (χ1v) is 10.5. The van der Waals surface area contributed by atoms with Crippen LogP contribution in [0.2, 0.25) is 5.15 Å². The molecule has 1 aliphatic heterocycles. The van der Waals surface area contributed by atoms with Crippen molar-refractivity contribution >= 4 is 17.7 Å². The standard InChI is InChI=1S/C22H33ClN2O3/c1-6-7-8-9-15(2)17-11-12-18(25(17)21(27)28-22(3,4)5)20(26)16-10-13-19(23)24-14-16/h7-8,10,13-15,17-18,20,26H,6,9,11-12H2,1-5H3/b8-7-/t15?,17-,18+,20+/m0/s1. The number of aliphatic hydroxyl groups excluding tert-OH is 1. The van der Waals surface area contributed by atoms with Crippen LogP contribution in [0, 0.1) is 5.92 Å². The average Bonchev–Trinajstić information content (AvgIpc) is 3.05. The van der Waals surface area contributed by atoms with E-state index in [1.54, 1.807) is 23.2 Å². The van der Waals surface area contributed by atoms with Gasteiger partial charge in [-0.3, -0.25) is 4.90 Å². The van der Waals surface area contributed by atoms with Gasteiger partial charge >= 0.3 is 6.09 Å². The molecule has 2 rings (SSSR count). The van der Waals surface area contributed by atoms with Gasteiger partial charge in [-0.2, -0.15) is 0 Å². The van der Waals surface area contributed by atoms with Crippen molar-refractivity contribution in [1.82, 2.24) is 9.88 Å². The number of aliphatic hydroxyl groups is 1. The maximum absolute atomic E-state index is 13.0. The van der Waals surface area contributed by atoms with Crippen LogP contribution >= 0.6 is 11.6 Å². The van der Waals surface area contributed by atoms with Gasteiger partial charge in [0.05, 0.1) is 6.04 Å². The predicted octanol–water partition coefficient (Wildman–Crippen LogP) is 5.53. The zero-order valence-electron chi connectivity index (χ0n) is 17.6. The van der Waals surface area contributed by atoms with Crippen LogP contribution in [0.1, 0.15) is 72.0 Å². The van der Waals surface area contributed by atoms with Gasteiger partial charge < -0.3 is 9.84 Å². The second-order valence-corrected chi connectivity index (χ2v) is 8.94. The predicted molar refractivity (Wildman–Crippen MR) is 112 cm³/mol. The SMILES string of the molecule is CC/C=C\CC(C)[C@@H]1CC[C@H]([C@H](O)c2ccc(Cl)nc2)N1C(=O)OC(C)(C)C. The summed E-state index contributed by atoms with van der Waals surface area (Å²) in [6.07, 6.45) is 8.13. The number of carbonyl (C=O) groups excluding carboxylic acids is 1. The summed E-state index contributed by atoms with van der Waals surface area (Å²) < 4.78 is 5.68. The van der Waals surface area contributed by atoms with Gasteiger partial charge in [-0.1, -0.05) is 43.7 Å². The van der Waals surface area contributed by atoms with Crippen LogP contribution in [-0.2, 0) is 4.74 Å². The molecule has 1 unspecified atom stereocenters. The molecular formula is C22H33ClN2O3. The van der Waals surface area contributed by atoms with Crippen LogP contribution in [0.5, 0.6) is 0 Å². The number of amides is 1. The number of rotatable bonds is 6. The lowest BCUT2D eigenvalue weighted by Crippen LogP contribution is -2.48. The number of halogens is 1. The molecule has 6 heteroatoms. The van der Waals surface area contributed by atoms with Crippen LogP contribution in [0.15, 0.2) is 30.5 Å². The van der Waals surface area contributed by atoms with E-state index in [-0.39, 0.29) is 24.1 Å². The summed E-state index contributed by atoms with van der Waals surface area (Å²) in [4.78, 5) is 18.9. The van der Waals surface area contributed by atoms with E-state index in [0.717, 1.165) is 25.7 Å². The molecule has 0 spiro atoms. The Kier molecular flexibility index (Phi) is 7.90. The molecule has 156 valence electrons. The zero-order chi connectivity index (χ0) is 20.9. The molecule has 0 aromatic carbocycles. The van der Waals surface area contributed by atoms with E-state index in [2.05, 4.69) is 31.0 Å². The number of aromatic nitrogens is 1. The van der Waals surface area contributed by atoms with Crippen molar-refractivity contribution in [2.75, 3.05) is 0 Å². The fourth-order valence-corrected chi connectivity index (χ4v) is 3.85. The summed E-state index contributed by atoms with van der Waals surface area (Å²) in [5.74, 6) is 0.274. The van der Waals surface area contributed by atoms with Gasteiger partial charge in [0.15, 0.2) is 0 Å². The minimum atomic E-state index is -0.833. The molecule has 1 aromatic heterocycles. The third-order valence-corrected chi connectivity index (χ3v) is 5.32. The highest BCUT2D eigenvalue weighted by Crippen LogP contribution is 2.38. The van der Waals surface area contributed by atoms with E-state index < -0.39 is 11.7 Å². The Morgan fingerprint density at radius 3 is 2.61 bits per heavy atom. The summed E-state index contributed by atoms with van der Waals surface area (Å²) >= 11 is 5.87. The monoisotopic (exact) mass is 408 g/mol. The van der Waals surface area contributed by atoms with Gasteiger partial charge in [-0.25, -0.2) is 9.78 Å². The highest BCUT2D eigenvalue weighted by atomic mass is 35.5. The maximum atomic E-state index is 13.0. The number of hydrogen-bond donors (Lipinski definition) is 1. The molecule has 1 aliphatic rings. The number of allylic oxidation sites excluding steroid dienone is 2. The van der Waals surface area contributed by atoms with E-state index in [9.17, 15) is 9.90 Å². The molecule has 4 atom stereocenters. The van der Waals surface area contributed by atoms with Crippen LogP contribution < -0.4 is 0 Å². The Morgan fingerprint density at radius 1 is 1.36 bits per heavy atom. The topological polar surface area (TPSA) is 62.7 Å². The molecule has 0 saturated carbocycles. The van der Waals surface area contributed by atoms with E-state index in [4.69, 9.17) is 16.3 Å². The van der Waals surface area contributed by atoms with Crippen LogP contribution in [0.4, 0.5) is 4.79 Å². The van der Waals surface area contributed by atoms with Gasteiger partial charge in [0, 0.05) is 17.8 Å². The van der Waals surface area contributed by atoms with E-state index >= 15 is 0 Å². The van der Waals surface area contributed by atoms with Crippen LogP contribution in [0.3, 0.4) is 0 Å². The van der Waals surface area contributed by atoms with Crippen molar-refractivity contribution in [1.29, 1.82) is 0 Å². The molecule has 28 heavy (non-hydrogen) atoms. The van der Waals surface area contributed by atoms with Crippen molar-refractivity contribution < 1.29 is 14.6 Å². The Bertz CT molecular complexity index is 669. The summed E-state index contributed by atoms with van der Waals surface area (Å²) in [5.41, 5.74) is 0.0644. The lowest BCUT2D eigenvalue weighted by molar-refractivity contribution is -0.00985. The number of likely N-dealkylation sites (tertiary alicyclic amines) is 1. The van der Waals surface area contributed by atoms with Crippen molar-refractivity contribution in [3.8, 4) is 0 Å². The van der Waals surface area contributed by atoms with Crippen molar-refractivity contribution in [3.05, 3.63) is 41.2 Å². The maximum Gasteiger partial charge on any atom is 0.410 e. The molecule has 1 N–H and O–H groups in total. The first kappa shape index (κ1) is 22.7. The van der Waals surface area contributed by atoms with Gasteiger partial charge in [-0.15, -0.1) is 0 Å². The number of pyridine rings is 1. The molecule has 0 aliphatic carbocycles. The Morgan fingerprint density at radius 2 is 2.04 bits per heavy atom. The number of carbonyl (C=O) groups is 1. The third kappa shape index (κ3) is 5.95. The highest BCUT2D eigenvalue weighted by molar-refractivity contribution is 6.29. The van der Waals surface area contributed by atoms with Gasteiger partial charge in [0.1, 0.15) is 16.9 Å². The first-order valence-electron chi connectivity index (χ1n) is 10.1. The lowest BCUT2D eigenvalue weighted by Gasteiger charge is -2.36. The quantitative estimate of drug-likeness (QED) is 0.496. The Hall–Kier alpha value is -1.59. The van der Waals surface area contributed by atoms with Crippen molar-refractivity contribution in [3.63, 3.8) is 0 Å². The Labute approximate surface area is 173 Å². The molecular weight excluding hydrogens is 376 g/mol. The summed E-state index contributed by atoms with van der Waals surface area (Å²) in [5, 5.41) is 11.4.